The van der Waals surface area contributed by atoms with Crippen molar-refractivity contribution in [1.29, 1.82) is 0 Å². The largest absolute Gasteiger partial charge is 0.481 e. The third-order valence-electron chi connectivity index (χ3n) is 4.65. The second kappa shape index (κ2) is 8.35. The van der Waals surface area contributed by atoms with Crippen LogP contribution in [0.25, 0.3) is 0 Å². The number of nitrogens with zero attached hydrogens (tertiary/aromatic N) is 1. The molecule has 27 heavy (non-hydrogen) atoms. The van der Waals surface area contributed by atoms with E-state index in [1.807, 2.05) is 20.8 Å². The van der Waals surface area contributed by atoms with Gasteiger partial charge in [-0.05, 0) is 63.8 Å². The molecule has 0 bridgehead atoms. The van der Waals surface area contributed by atoms with E-state index in [0.29, 0.717) is 19.5 Å². The summed E-state index contributed by atoms with van der Waals surface area (Å²) in [5, 5.41) is 9.08. The van der Waals surface area contributed by atoms with E-state index in [4.69, 9.17) is 5.11 Å². The zero-order chi connectivity index (χ0) is 20.2. The molecule has 0 amide bonds. The number of alkyl halides is 3. The lowest BCUT2D eigenvalue weighted by Crippen LogP contribution is -2.37. The van der Waals surface area contributed by atoms with Gasteiger partial charge in [0.2, 0.25) is 0 Å². The van der Waals surface area contributed by atoms with Crippen LogP contribution in [0, 0.1) is 23.2 Å². The van der Waals surface area contributed by atoms with Crippen LogP contribution in [-0.4, -0.2) is 29.1 Å². The molecular weight excluding hydrogens is 355 g/mol. The Kier molecular flexibility index (Phi) is 6.59. The van der Waals surface area contributed by atoms with Crippen LogP contribution in [0.4, 0.5) is 13.2 Å². The van der Waals surface area contributed by atoms with Gasteiger partial charge in [-0.1, -0.05) is 24.0 Å². The van der Waals surface area contributed by atoms with E-state index in [9.17, 15) is 18.0 Å². The van der Waals surface area contributed by atoms with Gasteiger partial charge in [-0.3, -0.25) is 9.69 Å². The van der Waals surface area contributed by atoms with Crippen molar-refractivity contribution in [3.63, 3.8) is 0 Å². The highest BCUT2D eigenvalue weighted by molar-refractivity contribution is 5.67. The normalized spacial score (nSPS) is 21.4. The van der Waals surface area contributed by atoms with Crippen LogP contribution in [0.3, 0.4) is 0 Å². The van der Waals surface area contributed by atoms with Gasteiger partial charge >= 0.3 is 12.1 Å². The lowest BCUT2D eigenvalue weighted by molar-refractivity contribution is -0.139. The fourth-order valence-corrected chi connectivity index (χ4v) is 3.36. The summed E-state index contributed by atoms with van der Waals surface area (Å²) in [6, 6.07) is 5.06. The summed E-state index contributed by atoms with van der Waals surface area (Å²) in [7, 11) is 0. The highest BCUT2D eigenvalue weighted by atomic mass is 19.4. The van der Waals surface area contributed by atoms with Crippen LogP contribution in [0.2, 0.25) is 0 Å². The van der Waals surface area contributed by atoms with Crippen molar-refractivity contribution < 1.29 is 23.1 Å². The molecule has 0 radical (unpaired) electrons. The molecular formula is C21H26F3NO2. The standard InChI is InChI=1S/C21H26F3NO2/c1-20(2,3)10-4-11-25-12-9-15(14-19(26)27)13-18(25)16-5-7-17(8-6-16)21(22,23)24/h5-8,15,18H,9,11-14H2,1-3H3,(H,26,27)/t15-,18+/m1/s1. The summed E-state index contributed by atoms with van der Waals surface area (Å²) in [6.07, 6.45) is -2.93. The molecule has 0 spiro atoms. The Labute approximate surface area is 158 Å². The van der Waals surface area contributed by atoms with E-state index in [-0.39, 0.29) is 23.8 Å². The smallest absolute Gasteiger partial charge is 0.416 e. The number of carboxylic acid groups (broad SMARTS) is 1. The molecule has 1 saturated heterocycles. The number of rotatable bonds is 4. The first-order chi connectivity index (χ1) is 12.5. The molecule has 148 valence electrons. The topological polar surface area (TPSA) is 40.5 Å². The molecule has 0 saturated carbocycles. The molecule has 0 aromatic heterocycles. The second-order valence-corrected chi connectivity index (χ2v) is 8.15. The maximum absolute atomic E-state index is 12.8. The number of carbonyl (C=O) groups is 1. The van der Waals surface area contributed by atoms with Crippen molar-refractivity contribution in [3.05, 3.63) is 35.4 Å². The van der Waals surface area contributed by atoms with E-state index in [1.165, 1.54) is 12.1 Å². The van der Waals surface area contributed by atoms with Crippen molar-refractivity contribution >= 4 is 5.97 Å². The first-order valence-corrected chi connectivity index (χ1v) is 9.09. The zero-order valence-corrected chi connectivity index (χ0v) is 15.9. The molecule has 1 aromatic carbocycles. The Bertz CT molecular complexity index is 708. The number of hydrogen-bond donors (Lipinski definition) is 1. The highest BCUT2D eigenvalue weighted by Gasteiger charge is 2.33. The number of benzene rings is 1. The molecule has 1 heterocycles. The van der Waals surface area contributed by atoms with Crippen molar-refractivity contribution in [2.75, 3.05) is 13.1 Å². The summed E-state index contributed by atoms with van der Waals surface area (Å²) in [5.74, 6) is 5.52. The van der Waals surface area contributed by atoms with Gasteiger partial charge in [-0.25, -0.2) is 0 Å². The first-order valence-electron chi connectivity index (χ1n) is 9.09. The number of halogens is 3. The number of likely N-dealkylation sites (tertiary alicyclic amines) is 1. The first kappa shape index (κ1) is 21.3. The molecule has 1 aliphatic heterocycles. The Balaban J connectivity index is 2.22. The molecule has 1 aromatic rings. The molecule has 2 atom stereocenters. The Morgan fingerprint density at radius 3 is 2.37 bits per heavy atom. The van der Waals surface area contributed by atoms with Crippen LogP contribution in [0.1, 0.15) is 57.2 Å². The van der Waals surface area contributed by atoms with E-state index in [1.54, 1.807) is 0 Å². The third-order valence-corrected chi connectivity index (χ3v) is 4.65. The highest BCUT2D eigenvalue weighted by Crippen LogP contribution is 2.37. The van der Waals surface area contributed by atoms with Gasteiger partial charge in [0.1, 0.15) is 0 Å². The summed E-state index contributed by atoms with van der Waals surface area (Å²) in [5.41, 5.74) is -0.0234. The summed E-state index contributed by atoms with van der Waals surface area (Å²) in [6.45, 7) is 7.26. The van der Waals surface area contributed by atoms with E-state index in [0.717, 1.165) is 24.1 Å². The molecule has 0 unspecified atom stereocenters. The fraction of sp³-hybridized carbons (Fsp3) is 0.571. The van der Waals surface area contributed by atoms with Crippen LogP contribution < -0.4 is 0 Å². The monoisotopic (exact) mass is 381 g/mol. The number of piperidine rings is 1. The minimum absolute atomic E-state index is 0.0154. The minimum atomic E-state index is -4.37. The van der Waals surface area contributed by atoms with Crippen LogP contribution >= 0.6 is 0 Å². The summed E-state index contributed by atoms with van der Waals surface area (Å²) >= 11 is 0. The number of hydrogen-bond acceptors (Lipinski definition) is 2. The van der Waals surface area contributed by atoms with Gasteiger partial charge in [0.15, 0.2) is 0 Å². The quantitative estimate of drug-likeness (QED) is 0.748. The van der Waals surface area contributed by atoms with Crippen LogP contribution in [0.5, 0.6) is 0 Å². The Morgan fingerprint density at radius 2 is 1.85 bits per heavy atom. The van der Waals surface area contributed by atoms with Crippen LogP contribution in [-0.2, 0) is 11.0 Å². The second-order valence-electron chi connectivity index (χ2n) is 8.15. The predicted octanol–water partition coefficient (Wildman–Crippen LogP) is 4.98. The molecule has 1 aliphatic rings. The zero-order valence-electron chi connectivity index (χ0n) is 15.9. The van der Waals surface area contributed by atoms with Crippen molar-refractivity contribution in [2.24, 2.45) is 11.3 Å². The van der Waals surface area contributed by atoms with Gasteiger partial charge < -0.3 is 5.11 Å². The lowest BCUT2D eigenvalue weighted by Gasteiger charge is -2.38. The molecule has 1 N–H and O–H groups in total. The number of carboxylic acids is 1. The lowest BCUT2D eigenvalue weighted by atomic mass is 9.85. The maximum atomic E-state index is 12.8. The molecule has 0 aliphatic carbocycles. The molecule has 6 heteroatoms. The third kappa shape index (κ3) is 6.59. The maximum Gasteiger partial charge on any atom is 0.416 e. The van der Waals surface area contributed by atoms with Crippen molar-refractivity contribution in [1.82, 2.24) is 4.90 Å². The minimum Gasteiger partial charge on any atom is -0.481 e. The van der Waals surface area contributed by atoms with E-state index < -0.39 is 17.7 Å². The van der Waals surface area contributed by atoms with E-state index >= 15 is 0 Å². The fourth-order valence-electron chi connectivity index (χ4n) is 3.36. The number of aliphatic carboxylic acids is 1. The van der Waals surface area contributed by atoms with Crippen LogP contribution in [0.15, 0.2) is 24.3 Å². The summed E-state index contributed by atoms with van der Waals surface area (Å²) < 4.78 is 38.5. The summed E-state index contributed by atoms with van der Waals surface area (Å²) in [4.78, 5) is 13.2. The Hall–Kier alpha value is -2.00. The SMILES string of the molecule is CC(C)(C)C#CCN1CC[C@@H](CC(=O)O)C[C@H]1c1ccc(C(F)(F)F)cc1. The average Bonchev–Trinajstić information content (AvgIpc) is 2.53. The van der Waals surface area contributed by atoms with Gasteiger partial charge in [0, 0.05) is 17.9 Å². The predicted molar refractivity (Wildman–Crippen MR) is 98.0 cm³/mol. The van der Waals surface area contributed by atoms with Gasteiger partial charge in [-0.2, -0.15) is 13.2 Å². The molecule has 3 nitrogen and oxygen atoms in total. The van der Waals surface area contributed by atoms with Crippen molar-refractivity contribution in [2.45, 2.75) is 52.3 Å². The average molecular weight is 381 g/mol. The van der Waals surface area contributed by atoms with Gasteiger partial charge in [0.25, 0.3) is 0 Å². The van der Waals surface area contributed by atoms with Crippen molar-refractivity contribution in [3.8, 4) is 11.8 Å². The molecule has 2 rings (SSSR count). The van der Waals surface area contributed by atoms with Gasteiger partial charge in [-0.15, -0.1) is 0 Å². The Morgan fingerprint density at radius 1 is 1.22 bits per heavy atom. The van der Waals surface area contributed by atoms with E-state index in [2.05, 4.69) is 16.7 Å². The molecule has 1 fully saturated rings. The van der Waals surface area contributed by atoms with Gasteiger partial charge in [0.05, 0.1) is 12.1 Å².